The highest BCUT2D eigenvalue weighted by molar-refractivity contribution is 6.74. The van der Waals surface area contributed by atoms with Crippen molar-refractivity contribution in [2.75, 3.05) is 19.7 Å². The number of carbonyl (C=O) groups is 1. The second-order valence-electron chi connectivity index (χ2n) is 9.15. The van der Waals surface area contributed by atoms with Crippen LogP contribution in [-0.2, 0) is 9.16 Å². The van der Waals surface area contributed by atoms with Crippen LogP contribution in [0.4, 0.5) is 4.79 Å². The number of hydrogen-bond acceptors (Lipinski definition) is 3. The Morgan fingerprint density at radius 3 is 2.42 bits per heavy atom. The van der Waals surface area contributed by atoms with Gasteiger partial charge in [0, 0.05) is 6.54 Å². The molecule has 1 saturated heterocycles. The van der Waals surface area contributed by atoms with Crippen molar-refractivity contribution in [3.05, 3.63) is 12.2 Å². The van der Waals surface area contributed by atoms with Crippen LogP contribution in [0, 0.1) is 5.92 Å². The summed E-state index contributed by atoms with van der Waals surface area (Å²) in [6, 6.07) is 0. The van der Waals surface area contributed by atoms with Crippen molar-refractivity contribution in [2.45, 2.75) is 78.1 Å². The molecule has 140 valence electrons. The van der Waals surface area contributed by atoms with Crippen LogP contribution >= 0.6 is 0 Å². The van der Waals surface area contributed by atoms with Crippen molar-refractivity contribution in [3.63, 3.8) is 0 Å². The van der Waals surface area contributed by atoms with Gasteiger partial charge in [0.05, 0.1) is 18.8 Å². The van der Waals surface area contributed by atoms with Gasteiger partial charge in [0.2, 0.25) is 0 Å². The zero-order chi connectivity index (χ0) is 18.8. The molecule has 1 aliphatic heterocycles. The third-order valence-electron chi connectivity index (χ3n) is 5.19. The molecule has 0 N–H and O–H groups in total. The van der Waals surface area contributed by atoms with Crippen LogP contribution in [0.2, 0.25) is 18.1 Å². The van der Waals surface area contributed by atoms with E-state index in [0.29, 0.717) is 25.6 Å². The second-order valence-corrected chi connectivity index (χ2v) is 13.9. The summed E-state index contributed by atoms with van der Waals surface area (Å²) in [5.74, 6) is 0.335. The lowest BCUT2D eigenvalue weighted by Crippen LogP contribution is -2.58. The molecule has 5 heteroatoms. The summed E-state index contributed by atoms with van der Waals surface area (Å²) < 4.78 is 12.2. The van der Waals surface area contributed by atoms with E-state index in [9.17, 15) is 4.79 Å². The van der Waals surface area contributed by atoms with Crippen molar-refractivity contribution in [1.29, 1.82) is 0 Å². The zero-order valence-electron chi connectivity index (χ0n) is 17.0. The van der Waals surface area contributed by atoms with Crippen molar-refractivity contribution >= 4 is 14.4 Å². The lowest BCUT2D eigenvalue weighted by molar-refractivity contribution is -0.00663. The SMILES string of the molecule is C=C1CN(C(=O)OCC(C)C)C[C@](CC)(O[Si](C)(C)C(C)(C)C)C1. The monoisotopic (exact) mass is 355 g/mol. The minimum Gasteiger partial charge on any atom is -0.449 e. The van der Waals surface area contributed by atoms with Crippen LogP contribution in [0.1, 0.15) is 54.4 Å². The molecular weight excluding hydrogens is 318 g/mol. The minimum absolute atomic E-state index is 0.136. The van der Waals surface area contributed by atoms with Crippen LogP contribution in [0.15, 0.2) is 12.2 Å². The molecule has 1 amide bonds. The Morgan fingerprint density at radius 2 is 1.96 bits per heavy atom. The standard InChI is InChI=1S/C19H37NO3Si/c1-10-19(23-24(8,9)18(5,6)7)11-16(4)12-20(14-19)17(21)22-13-15(2)3/h15H,4,10-14H2,1-3,5-9H3/t19-/m1/s1. The number of carbonyl (C=O) groups excluding carboxylic acids is 1. The predicted molar refractivity (Wildman–Crippen MR) is 103 cm³/mol. The first-order chi connectivity index (χ1) is 10.8. The lowest BCUT2D eigenvalue weighted by atomic mass is 9.88. The maximum atomic E-state index is 12.4. The van der Waals surface area contributed by atoms with E-state index in [2.05, 4.69) is 47.4 Å². The Morgan fingerprint density at radius 1 is 1.38 bits per heavy atom. The van der Waals surface area contributed by atoms with Gasteiger partial charge < -0.3 is 14.1 Å². The van der Waals surface area contributed by atoms with Crippen LogP contribution in [0.3, 0.4) is 0 Å². The molecule has 0 aromatic carbocycles. The normalized spacial score (nSPS) is 22.9. The molecule has 4 nitrogen and oxygen atoms in total. The van der Waals surface area contributed by atoms with Crippen LogP contribution in [0.25, 0.3) is 0 Å². The third kappa shape index (κ3) is 5.35. The molecule has 0 unspecified atom stereocenters. The third-order valence-corrected chi connectivity index (χ3v) is 9.74. The highest BCUT2D eigenvalue weighted by Crippen LogP contribution is 2.42. The molecule has 0 radical (unpaired) electrons. The number of likely N-dealkylation sites (tertiary alicyclic amines) is 1. The Labute approximate surface area is 149 Å². The summed E-state index contributed by atoms with van der Waals surface area (Å²) in [4.78, 5) is 14.2. The van der Waals surface area contributed by atoms with Crippen LogP contribution < -0.4 is 0 Å². The predicted octanol–water partition coefficient (Wildman–Crippen LogP) is 5.21. The number of amides is 1. The van der Waals surface area contributed by atoms with E-state index in [1.54, 1.807) is 4.90 Å². The average molecular weight is 356 g/mol. The number of hydrogen-bond donors (Lipinski definition) is 0. The number of rotatable bonds is 5. The molecule has 1 aliphatic rings. The second kappa shape index (κ2) is 7.61. The van der Waals surface area contributed by atoms with Crippen LogP contribution in [-0.4, -0.2) is 44.6 Å². The average Bonchev–Trinajstić information content (AvgIpc) is 2.42. The smallest absolute Gasteiger partial charge is 0.410 e. The molecule has 0 aromatic rings. The van der Waals surface area contributed by atoms with Gasteiger partial charge in [0.15, 0.2) is 8.32 Å². The summed E-state index contributed by atoms with van der Waals surface area (Å²) in [6.07, 6.45) is 1.44. The van der Waals surface area contributed by atoms with E-state index in [1.807, 2.05) is 13.8 Å². The van der Waals surface area contributed by atoms with E-state index in [4.69, 9.17) is 9.16 Å². The van der Waals surface area contributed by atoms with Gasteiger partial charge in [-0.05, 0) is 36.9 Å². The van der Waals surface area contributed by atoms with Gasteiger partial charge in [-0.2, -0.15) is 0 Å². The zero-order valence-corrected chi connectivity index (χ0v) is 18.0. The van der Waals surface area contributed by atoms with Gasteiger partial charge in [-0.15, -0.1) is 0 Å². The largest absolute Gasteiger partial charge is 0.449 e. The molecule has 0 aliphatic carbocycles. The van der Waals surface area contributed by atoms with Crippen molar-refractivity contribution in [1.82, 2.24) is 4.90 Å². The number of ether oxygens (including phenoxy) is 1. The molecule has 1 rings (SSSR count). The molecule has 0 spiro atoms. The van der Waals surface area contributed by atoms with Crippen molar-refractivity contribution in [2.24, 2.45) is 5.92 Å². The van der Waals surface area contributed by atoms with E-state index < -0.39 is 8.32 Å². The Hall–Kier alpha value is -0.813. The Bertz CT molecular complexity index is 468. The summed E-state index contributed by atoms with van der Waals surface area (Å²) in [5, 5.41) is 0.136. The van der Waals surface area contributed by atoms with E-state index >= 15 is 0 Å². The van der Waals surface area contributed by atoms with Gasteiger partial charge in [0.1, 0.15) is 0 Å². The summed E-state index contributed by atoms with van der Waals surface area (Å²) in [6.45, 7) is 23.3. The van der Waals surface area contributed by atoms with E-state index in [1.165, 1.54) is 0 Å². The molecule has 1 fully saturated rings. The Kier molecular flexibility index (Phi) is 6.73. The van der Waals surface area contributed by atoms with Crippen molar-refractivity contribution < 1.29 is 14.0 Å². The van der Waals surface area contributed by atoms with Gasteiger partial charge in [-0.25, -0.2) is 4.79 Å². The van der Waals surface area contributed by atoms with Gasteiger partial charge in [-0.3, -0.25) is 0 Å². The molecule has 1 heterocycles. The van der Waals surface area contributed by atoms with Gasteiger partial charge in [-0.1, -0.05) is 53.7 Å². The molecular formula is C19H37NO3Si. The van der Waals surface area contributed by atoms with Gasteiger partial charge in [0.25, 0.3) is 0 Å². The highest BCUT2D eigenvalue weighted by atomic mass is 28.4. The molecule has 0 saturated carbocycles. The number of nitrogens with zero attached hydrogens (tertiary/aromatic N) is 1. The minimum atomic E-state index is -1.94. The summed E-state index contributed by atoms with van der Waals surface area (Å²) in [7, 11) is -1.94. The quantitative estimate of drug-likeness (QED) is 0.502. The fourth-order valence-corrected chi connectivity index (χ4v) is 4.44. The first kappa shape index (κ1) is 21.2. The fourth-order valence-electron chi connectivity index (χ4n) is 2.77. The molecule has 1 atom stereocenters. The lowest BCUT2D eigenvalue weighted by Gasteiger charge is -2.49. The van der Waals surface area contributed by atoms with E-state index in [0.717, 1.165) is 18.4 Å². The topological polar surface area (TPSA) is 38.8 Å². The Balaban J connectivity index is 2.94. The summed E-state index contributed by atoms with van der Waals surface area (Å²) >= 11 is 0. The number of piperidine rings is 1. The maximum Gasteiger partial charge on any atom is 0.410 e. The van der Waals surface area contributed by atoms with E-state index in [-0.39, 0.29) is 16.7 Å². The molecule has 0 aromatic heterocycles. The highest BCUT2D eigenvalue weighted by Gasteiger charge is 2.47. The fraction of sp³-hybridized carbons (Fsp3) is 0.842. The molecule has 0 bridgehead atoms. The van der Waals surface area contributed by atoms with Gasteiger partial charge >= 0.3 is 6.09 Å². The molecule has 24 heavy (non-hydrogen) atoms. The summed E-state index contributed by atoms with van der Waals surface area (Å²) in [5.41, 5.74) is 0.707. The van der Waals surface area contributed by atoms with Crippen LogP contribution in [0.5, 0.6) is 0 Å². The maximum absolute atomic E-state index is 12.4. The first-order valence-electron chi connectivity index (χ1n) is 9.10. The first-order valence-corrected chi connectivity index (χ1v) is 12.0. The van der Waals surface area contributed by atoms with Crippen molar-refractivity contribution in [3.8, 4) is 0 Å².